The highest BCUT2D eigenvalue weighted by atomic mass is 32.2. The quantitative estimate of drug-likeness (QED) is 0.614. The van der Waals surface area contributed by atoms with Gasteiger partial charge in [-0.05, 0) is 5.56 Å². The molecular formula is C14H17NO3S. The summed E-state index contributed by atoms with van der Waals surface area (Å²) in [5, 5.41) is 11.2. The molecule has 4 nitrogen and oxygen atoms in total. The lowest BCUT2D eigenvalue weighted by Gasteiger charge is -2.21. The fourth-order valence-corrected chi connectivity index (χ4v) is 3.47. The molecule has 0 aromatic heterocycles. The SMILES string of the molecule is O=C1CCSC[C@H]1C[C@@H](Cc1ccccc1)[N+](=O)[O-]. The topological polar surface area (TPSA) is 60.2 Å². The second-order valence-electron chi connectivity index (χ2n) is 4.85. The van der Waals surface area contributed by atoms with Crippen LogP contribution < -0.4 is 0 Å². The molecule has 1 saturated heterocycles. The van der Waals surface area contributed by atoms with Crippen molar-refractivity contribution in [2.24, 2.45) is 5.92 Å². The number of nitro groups is 1. The Kier molecular flexibility index (Phi) is 4.96. The van der Waals surface area contributed by atoms with Crippen LogP contribution in [0.2, 0.25) is 0 Å². The Morgan fingerprint density at radius 1 is 1.37 bits per heavy atom. The third kappa shape index (κ3) is 4.06. The number of hydrogen-bond acceptors (Lipinski definition) is 4. The van der Waals surface area contributed by atoms with E-state index in [4.69, 9.17) is 0 Å². The Morgan fingerprint density at radius 2 is 2.11 bits per heavy atom. The zero-order valence-electron chi connectivity index (χ0n) is 10.7. The summed E-state index contributed by atoms with van der Waals surface area (Å²) in [5.74, 6) is 1.64. The molecule has 1 heterocycles. The van der Waals surface area contributed by atoms with Crippen molar-refractivity contribution >= 4 is 17.5 Å². The maximum atomic E-state index is 11.8. The van der Waals surface area contributed by atoms with Crippen LogP contribution in [0.3, 0.4) is 0 Å². The first-order valence-electron chi connectivity index (χ1n) is 6.44. The summed E-state index contributed by atoms with van der Waals surface area (Å²) in [6, 6.07) is 8.80. The van der Waals surface area contributed by atoms with Crippen molar-refractivity contribution in [2.45, 2.75) is 25.3 Å². The monoisotopic (exact) mass is 279 g/mol. The van der Waals surface area contributed by atoms with Crippen molar-refractivity contribution in [3.05, 3.63) is 46.0 Å². The smallest absolute Gasteiger partial charge is 0.217 e. The number of hydrogen-bond donors (Lipinski definition) is 0. The van der Waals surface area contributed by atoms with E-state index in [1.54, 1.807) is 11.8 Å². The summed E-state index contributed by atoms with van der Waals surface area (Å²) >= 11 is 1.72. The zero-order chi connectivity index (χ0) is 13.7. The maximum absolute atomic E-state index is 11.8. The van der Waals surface area contributed by atoms with E-state index < -0.39 is 6.04 Å². The molecular weight excluding hydrogens is 262 g/mol. The molecule has 0 spiro atoms. The minimum atomic E-state index is -0.657. The van der Waals surface area contributed by atoms with E-state index in [0.717, 1.165) is 17.1 Å². The van der Waals surface area contributed by atoms with Crippen molar-refractivity contribution in [3.63, 3.8) is 0 Å². The van der Waals surface area contributed by atoms with Crippen molar-refractivity contribution in [3.8, 4) is 0 Å². The van der Waals surface area contributed by atoms with Gasteiger partial charge in [0, 0.05) is 41.6 Å². The van der Waals surface area contributed by atoms with Gasteiger partial charge < -0.3 is 0 Å². The third-order valence-electron chi connectivity index (χ3n) is 3.44. The minimum absolute atomic E-state index is 0.141. The van der Waals surface area contributed by atoms with Crippen LogP contribution in [0.25, 0.3) is 0 Å². The Morgan fingerprint density at radius 3 is 2.74 bits per heavy atom. The van der Waals surface area contributed by atoms with Gasteiger partial charge in [-0.1, -0.05) is 30.3 Å². The minimum Gasteiger partial charge on any atom is -0.299 e. The van der Waals surface area contributed by atoms with Crippen molar-refractivity contribution < 1.29 is 9.72 Å². The van der Waals surface area contributed by atoms with Crippen LogP contribution in [0.15, 0.2) is 30.3 Å². The van der Waals surface area contributed by atoms with Crippen LogP contribution in [0.4, 0.5) is 0 Å². The van der Waals surface area contributed by atoms with Gasteiger partial charge in [0.1, 0.15) is 5.78 Å². The molecule has 1 aliphatic rings. The predicted molar refractivity (Wildman–Crippen MR) is 76.0 cm³/mol. The van der Waals surface area contributed by atoms with Gasteiger partial charge in [-0.3, -0.25) is 14.9 Å². The molecule has 19 heavy (non-hydrogen) atoms. The average molecular weight is 279 g/mol. The Labute approximate surface area is 116 Å². The molecule has 1 aliphatic heterocycles. The first kappa shape index (κ1) is 14.1. The van der Waals surface area contributed by atoms with Crippen molar-refractivity contribution in [1.29, 1.82) is 0 Å². The summed E-state index contributed by atoms with van der Waals surface area (Å²) in [4.78, 5) is 22.7. The summed E-state index contributed by atoms with van der Waals surface area (Å²) in [6.07, 6.45) is 1.33. The second-order valence-corrected chi connectivity index (χ2v) is 6.00. The Hall–Kier alpha value is -1.36. The summed E-state index contributed by atoms with van der Waals surface area (Å²) in [7, 11) is 0. The van der Waals surface area contributed by atoms with Gasteiger partial charge in [-0.2, -0.15) is 11.8 Å². The molecule has 0 unspecified atom stereocenters. The van der Waals surface area contributed by atoms with Crippen LogP contribution >= 0.6 is 11.8 Å². The number of benzene rings is 1. The summed E-state index contributed by atoms with van der Waals surface area (Å²) < 4.78 is 0. The number of nitrogens with zero attached hydrogens (tertiary/aromatic N) is 1. The van der Waals surface area contributed by atoms with E-state index in [1.165, 1.54) is 0 Å². The number of carbonyl (C=O) groups is 1. The first-order chi connectivity index (χ1) is 9.16. The van der Waals surface area contributed by atoms with E-state index in [2.05, 4.69) is 0 Å². The number of thioether (sulfide) groups is 1. The maximum Gasteiger partial charge on any atom is 0.217 e. The molecule has 1 aromatic rings. The van der Waals surface area contributed by atoms with Gasteiger partial charge in [0.25, 0.3) is 0 Å². The molecule has 2 atom stereocenters. The lowest BCUT2D eigenvalue weighted by molar-refractivity contribution is -0.523. The van der Waals surface area contributed by atoms with E-state index in [1.807, 2.05) is 30.3 Å². The molecule has 0 bridgehead atoms. The molecule has 5 heteroatoms. The Balaban J connectivity index is 2.00. The predicted octanol–water partition coefficient (Wildman–Crippen LogP) is 2.59. The number of carbonyl (C=O) groups excluding carboxylic acids is 1. The summed E-state index contributed by atoms with van der Waals surface area (Å²) in [5.41, 5.74) is 0.958. The molecule has 0 amide bonds. The standard InChI is InChI=1S/C14H17NO3S/c16-14-6-7-19-10-12(14)9-13(15(17)18)8-11-4-2-1-3-5-11/h1-5,12-13H,6-10H2/t12-,13-/m1/s1. The van der Waals surface area contributed by atoms with Gasteiger partial charge in [0.05, 0.1) is 0 Å². The summed E-state index contributed by atoms with van der Waals surface area (Å²) in [6.45, 7) is 0. The van der Waals surface area contributed by atoms with Crippen LogP contribution in [0, 0.1) is 16.0 Å². The van der Waals surface area contributed by atoms with Crippen LogP contribution in [-0.4, -0.2) is 28.3 Å². The number of ketones is 1. The fourth-order valence-electron chi connectivity index (χ4n) is 2.35. The van der Waals surface area contributed by atoms with E-state index in [9.17, 15) is 14.9 Å². The Bertz CT molecular complexity index is 449. The number of Topliss-reactive ketones (excluding diaryl/α,β-unsaturated/α-hetero) is 1. The highest BCUT2D eigenvalue weighted by molar-refractivity contribution is 7.99. The highest BCUT2D eigenvalue weighted by Crippen LogP contribution is 2.25. The molecule has 0 N–H and O–H groups in total. The largest absolute Gasteiger partial charge is 0.299 e. The average Bonchev–Trinajstić information content (AvgIpc) is 2.41. The van der Waals surface area contributed by atoms with Crippen molar-refractivity contribution in [1.82, 2.24) is 0 Å². The molecule has 0 saturated carbocycles. The second kappa shape index (κ2) is 6.70. The van der Waals surface area contributed by atoms with E-state index in [-0.39, 0.29) is 16.6 Å². The van der Waals surface area contributed by atoms with E-state index >= 15 is 0 Å². The number of rotatable bonds is 5. The third-order valence-corrected chi connectivity index (χ3v) is 4.57. The van der Waals surface area contributed by atoms with Crippen molar-refractivity contribution in [2.75, 3.05) is 11.5 Å². The molecule has 1 aromatic carbocycles. The molecule has 0 aliphatic carbocycles. The van der Waals surface area contributed by atoms with Crippen LogP contribution in [-0.2, 0) is 11.2 Å². The first-order valence-corrected chi connectivity index (χ1v) is 7.60. The lowest BCUT2D eigenvalue weighted by atomic mass is 9.92. The van der Waals surface area contributed by atoms with E-state index in [0.29, 0.717) is 19.3 Å². The zero-order valence-corrected chi connectivity index (χ0v) is 11.5. The lowest BCUT2D eigenvalue weighted by Crippen LogP contribution is -2.32. The molecule has 1 fully saturated rings. The van der Waals surface area contributed by atoms with Gasteiger partial charge in [-0.15, -0.1) is 0 Å². The molecule has 102 valence electrons. The van der Waals surface area contributed by atoms with Gasteiger partial charge in [0.2, 0.25) is 6.04 Å². The van der Waals surface area contributed by atoms with Gasteiger partial charge in [-0.25, -0.2) is 0 Å². The van der Waals surface area contributed by atoms with Gasteiger partial charge >= 0.3 is 0 Å². The fraction of sp³-hybridized carbons (Fsp3) is 0.500. The molecule has 2 rings (SSSR count). The van der Waals surface area contributed by atoms with Gasteiger partial charge in [0.15, 0.2) is 0 Å². The normalized spacial score (nSPS) is 21.1. The molecule has 0 radical (unpaired) electrons. The van der Waals surface area contributed by atoms with Crippen LogP contribution in [0.5, 0.6) is 0 Å². The highest BCUT2D eigenvalue weighted by Gasteiger charge is 2.31. The van der Waals surface area contributed by atoms with Crippen LogP contribution in [0.1, 0.15) is 18.4 Å².